The number of aryl methyl sites for hydroxylation is 2. The van der Waals surface area contributed by atoms with E-state index in [-0.39, 0.29) is 29.9 Å². The Bertz CT molecular complexity index is 572. The molecule has 0 spiro atoms. The zero-order valence-electron chi connectivity index (χ0n) is 15.1. The first-order chi connectivity index (χ1) is 11.4. The maximum Gasteiger partial charge on any atom is 0.315 e. The van der Waals surface area contributed by atoms with Crippen LogP contribution >= 0.6 is 0 Å². The Morgan fingerprint density at radius 3 is 2.17 bits per heavy atom. The number of nitrogens with one attached hydrogen (secondary N) is 3. The van der Waals surface area contributed by atoms with Crippen molar-refractivity contribution in [3.8, 4) is 0 Å². The lowest BCUT2D eigenvalue weighted by Gasteiger charge is -2.28. The minimum Gasteiger partial charge on any atom is -0.359 e. The Hall–Kier alpha value is -2.04. The van der Waals surface area contributed by atoms with Crippen LogP contribution in [0, 0.1) is 19.8 Å². The average Bonchev–Trinajstić information content (AvgIpc) is 2.53. The number of rotatable bonds is 4. The summed E-state index contributed by atoms with van der Waals surface area (Å²) >= 11 is 0. The van der Waals surface area contributed by atoms with Crippen LogP contribution in [0.1, 0.15) is 55.3 Å². The van der Waals surface area contributed by atoms with Gasteiger partial charge in [0, 0.05) is 19.0 Å². The summed E-state index contributed by atoms with van der Waals surface area (Å²) in [5, 5.41) is 8.76. The molecule has 2 rings (SSSR count). The van der Waals surface area contributed by atoms with Gasteiger partial charge in [-0.15, -0.1) is 0 Å². The SMILES string of the molecule is CNC(=O)C1CCC(NC(=O)N[C@H](C)c2cc(C)cc(C)c2)CC1. The molecule has 132 valence electrons. The Morgan fingerprint density at radius 2 is 1.62 bits per heavy atom. The highest BCUT2D eigenvalue weighted by atomic mass is 16.2. The van der Waals surface area contributed by atoms with E-state index < -0.39 is 0 Å². The van der Waals surface area contributed by atoms with Crippen molar-refractivity contribution in [3.63, 3.8) is 0 Å². The maximum absolute atomic E-state index is 12.2. The van der Waals surface area contributed by atoms with Gasteiger partial charge >= 0.3 is 6.03 Å². The zero-order valence-corrected chi connectivity index (χ0v) is 15.1. The molecule has 1 aromatic rings. The van der Waals surface area contributed by atoms with Crippen molar-refractivity contribution < 1.29 is 9.59 Å². The van der Waals surface area contributed by atoms with E-state index in [1.165, 1.54) is 11.1 Å². The highest BCUT2D eigenvalue weighted by molar-refractivity contribution is 5.78. The van der Waals surface area contributed by atoms with E-state index >= 15 is 0 Å². The fourth-order valence-electron chi connectivity index (χ4n) is 3.47. The largest absolute Gasteiger partial charge is 0.359 e. The summed E-state index contributed by atoms with van der Waals surface area (Å²) < 4.78 is 0. The molecule has 1 aromatic carbocycles. The van der Waals surface area contributed by atoms with E-state index in [0.717, 1.165) is 31.2 Å². The Balaban J connectivity index is 1.82. The highest BCUT2D eigenvalue weighted by Crippen LogP contribution is 2.24. The molecule has 5 heteroatoms. The molecule has 1 atom stereocenters. The third-order valence-electron chi connectivity index (χ3n) is 4.77. The fraction of sp³-hybridized carbons (Fsp3) is 0.579. The molecule has 5 nitrogen and oxygen atoms in total. The summed E-state index contributed by atoms with van der Waals surface area (Å²) in [7, 11) is 1.68. The molecule has 3 amide bonds. The predicted octanol–water partition coefficient (Wildman–Crippen LogP) is 2.97. The van der Waals surface area contributed by atoms with Gasteiger partial charge < -0.3 is 16.0 Å². The van der Waals surface area contributed by atoms with Crippen LogP contribution in [-0.2, 0) is 4.79 Å². The summed E-state index contributed by atoms with van der Waals surface area (Å²) in [6, 6.07) is 6.31. The van der Waals surface area contributed by atoms with Crippen LogP contribution < -0.4 is 16.0 Å². The van der Waals surface area contributed by atoms with Gasteiger partial charge in [-0.1, -0.05) is 29.3 Å². The third kappa shape index (κ3) is 4.98. The van der Waals surface area contributed by atoms with Gasteiger partial charge in [0.2, 0.25) is 5.91 Å². The minimum atomic E-state index is -0.134. The maximum atomic E-state index is 12.2. The van der Waals surface area contributed by atoms with Crippen LogP contribution in [0.15, 0.2) is 18.2 Å². The lowest BCUT2D eigenvalue weighted by molar-refractivity contribution is -0.125. The van der Waals surface area contributed by atoms with Crippen molar-refractivity contribution in [2.75, 3.05) is 7.05 Å². The second-order valence-corrected chi connectivity index (χ2v) is 6.92. The number of urea groups is 1. The highest BCUT2D eigenvalue weighted by Gasteiger charge is 2.26. The fourth-order valence-corrected chi connectivity index (χ4v) is 3.47. The molecule has 0 saturated heterocycles. The van der Waals surface area contributed by atoms with Crippen LogP contribution in [0.2, 0.25) is 0 Å². The van der Waals surface area contributed by atoms with Crippen LogP contribution in [-0.4, -0.2) is 25.0 Å². The smallest absolute Gasteiger partial charge is 0.315 e. The second-order valence-electron chi connectivity index (χ2n) is 6.92. The summed E-state index contributed by atoms with van der Waals surface area (Å²) in [6.07, 6.45) is 3.36. The lowest BCUT2D eigenvalue weighted by Crippen LogP contribution is -2.45. The summed E-state index contributed by atoms with van der Waals surface area (Å²) in [5.41, 5.74) is 3.52. The quantitative estimate of drug-likeness (QED) is 0.794. The molecule has 0 heterocycles. The topological polar surface area (TPSA) is 70.2 Å². The molecule has 1 aliphatic carbocycles. The van der Waals surface area contributed by atoms with Crippen molar-refractivity contribution in [1.29, 1.82) is 0 Å². The van der Waals surface area contributed by atoms with Crippen molar-refractivity contribution in [3.05, 3.63) is 34.9 Å². The van der Waals surface area contributed by atoms with E-state index in [4.69, 9.17) is 0 Å². The molecular weight excluding hydrogens is 302 g/mol. The average molecular weight is 331 g/mol. The van der Waals surface area contributed by atoms with Crippen molar-refractivity contribution in [2.45, 2.75) is 58.5 Å². The third-order valence-corrected chi connectivity index (χ3v) is 4.77. The van der Waals surface area contributed by atoms with Crippen molar-refractivity contribution >= 4 is 11.9 Å². The van der Waals surface area contributed by atoms with Crippen molar-refractivity contribution in [1.82, 2.24) is 16.0 Å². The van der Waals surface area contributed by atoms with E-state index in [1.54, 1.807) is 7.05 Å². The van der Waals surface area contributed by atoms with E-state index in [2.05, 4.69) is 48.0 Å². The van der Waals surface area contributed by atoms with Crippen LogP contribution in [0.5, 0.6) is 0 Å². The van der Waals surface area contributed by atoms with E-state index in [0.29, 0.717) is 0 Å². The predicted molar refractivity (Wildman–Crippen MR) is 95.8 cm³/mol. The summed E-state index contributed by atoms with van der Waals surface area (Å²) in [6.45, 7) is 6.12. The molecule has 1 fully saturated rings. The molecule has 0 aliphatic heterocycles. The van der Waals surface area contributed by atoms with Gasteiger partial charge in [-0.25, -0.2) is 4.79 Å². The van der Waals surface area contributed by atoms with Gasteiger partial charge in [-0.3, -0.25) is 4.79 Å². The van der Waals surface area contributed by atoms with Crippen LogP contribution in [0.25, 0.3) is 0 Å². The molecule has 3 N–H and O–H groups in total. The molecular formula is C19H29N3O2. The van der Waals surface area contributed by atoms with Gasteiger partial charge in [0.15, 0.2) is 0 Å². The Morgan fingerprint density at radius 1 is 1.04 bits per heavy atom. The molecule has 1 aliphatic rings. The normalized spacial score (nSPS) is 21.7. The standard InChI is InChI=1S/C19H29N3O2/c1-12-9-13(2)11-16(10-12)14(3)21-19(24)22-17-7-5-15(6-8-17)18(23)20-4/h9-11,14-15,17H,5-8H2,1-4H3,(H,20,23)(H2,21,22,24)/t14-,15?,17?/m1/s1. The van der Waals surface area contributed by atoms with Gasteiger partial charge in [0.1, 0.15) is 0 Å². The first-order valence-electron chi connectivity index (χ1n) is 8.76. The molecule has 0 aromatic heterocycles. The first kappa shape index (κ1) is 18.3. The second kappa shape index (κ2) is 8.18. The van der Waals surface area contributed by atoms with Gasteiger partial charge in [0.25, 0.3) is 0 Å². The van der Waals surface area contributed by atoms with Gasteiger partial charge in [-0.2, -0.15) is 0 Å². The summed E-state index contributed by atoms with van der Waals surface area (Å²) in [5.74, 6) is 0.201. The minimum absolute atomic E-state index is 0.0363. The summed E-state index contributed by atoms with van der Waals surface area (Å²) in [4.78, 5) is 23.9. The Kier molecular flexibility index (Phi) is 6.23. The van der Waals surface area contributed by atoms with E-state index in [9.17, 15) is 9.59 Å². The zero-order chi connectivity index (χ0) is 17.7. The molecule has 24 heavy (non-hydrogen) atoms. The number of carbonyl (C=O) groups is 2. The number of hydrogen-bond acceptors (Lipinski definition) is 2. The molecule has 0 bridgehead atoms. The Labute approximate surface area is 144 Å². The number of benzene rings is 1. The van der Waals surface area contributed by atoms with Crippen LogP contribution in [0.3, 0.4) is 0 Å². The van der Waals surface area contributed by atoms with Gasteiger partial charge in [-0.05, 0) is 52.0 Å². The number of hydrogen-bond donors (Lipinski definition) is 3. The first-order valence-corrected chi connectivity index (χ1v) is 8.76. The number of carbonyl (C=O) groups excluding carboxylic acids is 2. The molecule has 1 saturated carbocycles. The lowest BCUT2D eigenvalue weighted by atomic mass is 9.85. The van der Waals surface area contributed by atoms with Crippen LogP contribution in [0.4, 0.5) is 4.79 Å². The molecule has 0 unspecified atom stereocenters. The van der Waals surface area contributed by atoms with E-state index in [1.807, 2.05) is 6.92 Å². The monoisotopic (exact) mass is 331 g/mol. The van der Waals surface area contributed by atoms with Crippen molar-refractivity contribution in [2.24, 2.45) is 5.92 Å². The molecule has 0 radical (unpaired) electrons. The number of amides is 3. The van der Waals surface area contributed by atoms with Gasteiger partial charge in [0.05, 0.1) is 6.04 Å².